The van der Waals surface area contributed by atoms with E-state index in [9.17, 15) is 14.7 Å². The van der Waals surface area contributed by atoms with Crippen LogP contribution in [-0.4, -0.2) is 76.8 Å². The molecule has 3 fully saturated rings. The van der Waals surface area contributed by atoms with E-state index >= 15 is 0 Å². The molecule has 0 radical (unpaired) electrons. The number of ether oxygens (including phenoxy) is 2. The van der Waals surface area contributed by atoms with Crippen LogP contribution in [-0.2, 0) is 32.2 Å². The van der Waals surface area contributed by atoms with Gasteiger partial charge in [-0.05, 0) is 85.3 Å². The second-order valence-corrected chi connectivity index (χ2v) is 13.6. The number of carbonyl (C=O) groups is 2. The van der Waals surface area contributed by atoms with Gasteiger partial charge in [0, 0.05) is 43.6 Å². The minimum absolute atomic E-state index is 0.00811. The summed E-state index contributed by atoms with van der Waals surface area (Å²) in [7, 11) is 0. The number of hydrogen-bond donors (Lipinski definition) is 3. The summed E-state index contributed by atoms with van der Waals surface area (Å²) >= 11 is 0. The van der Waals surface area contributed by atoms with Gasteiger partial charge >= 0.3 is 5.97 Å². The molecule has 1 amide bonds. The number of carboxylic acids is 1. The fourth-order valence-corrected chi connectivity index (χ4v) is 7.40. The molecular formula is C39H49N3O6. The Morgan fingerprint density at radius 2 is 1.58 bits per heavy atom. The third-order valence-electron chi connectivity index (χ3n) is 10.2. The molecule has 48 heavy (non-hydrogen) atoms. The Hall–Kier alpha value is -3.60. The second-order valence-electron chi connectivity index (χ2n) is 13.6. The Morgan fingerprint density at radius 1 is 0.833 bits per heavy atom. The highest BCUT2D eigenvalue weighted by Crippen LogP contribution is 2.43. The normalized spacial score (nSPS) is 24.9. The van der Waals surface area contributed by atoms with Crippen LogP contribution in [0.1, 0.15) is 80.1 Å². The molecule has 5 atom stereocenters. The molecule has 6 rings (SSSR count). The van der Waals surface area contributed by atoms with Crippen LogP contribution in [0.2, 0.25) is 0 Å². The van der Waals surface area contributed by atoms with Gasteiger partial charge in [-0.15, -0.1) is 0 Å². The molecule has 0 aliphatic carbocycles. The Balaban J connectivity index is 1.20. The van der Waals surface area contributed by atoms with E-state index in [1.54, 1.807) is 0 Å². The SMILES string of the molecule is CC1C(CN2CCCC2CN2CCCC2)OC(c2cccc(-c3cccc(CNC(=O)CCC(=O)O)c3)c2)OC1c1ccc(CO)cc1. The van der Waals surface area contributed by atoms with Gasteiger partial charge in [-0.3, -0.25) is 14.5 Å². The van der Waals surface area contributed by atoms with Crippen molar-refractivity contribution in [2.75, 3.05) is 32.7 Å². The zero-order valence-electron chi connectivity index (χ0n) is 27.9. The maximum Gasteiger partial charge on any atom is 0.303 e. The number of aliphatic hydroxyl groups is 1. The van der Waals surface area contributed by atoms with Gasteiger partial charge in [0.15, 0.2) is 6.29 Å². The molecule has 0 saturated carbocycles. The van der Waals surface area contributed by atoms with E-state index in [1.165, 1.54) is 38.8 Å². The summed E-state index contributed by atoms with van der Waals surface area (Å²) in [4.78, 5) is 28.2. The van der Waals surface area contributed by atoms with Gasteiger partial charge in [0.25, 0.3) is 0 Å². The average Bonchev–Trinajstić information content (AvgIpc) is 3.80. The van der Waals surface area contributed by atoms with Crippen LogP contribution in [0.3, 0.4) is 0 Å². The molecule has 3 aromatic rings. The highest BCUT2D eigenvalue weighted by atomic mass is 16.7. The van der Waals surface area contributed by atoms with Gasteiger partial charge in [0.2, 0.25) is 5.91 Å². The zero-order valence-corrected chi connectivity index (χ0v) is 27.9. The lowest BCUT2D eigenvalue weighted by atomic mass is 9.89. The van der Waals surface area contributed by atoms with Crippen molar-refractivity contribution < 1.29 is 29.3 Å². The number of aliphatic hydroxyl groups excluding tert-OH is 1. The minimum Gasteiger partial charge on any atom is -0.481 e. The number of aliphatic carboxylic acids is 1. The Morgan fingerprint density at radius 3 is 2.33 bits per heavy atom. The van der Waals surface area contributed by atoms with Crippen molar-refractivity contribution >= 4 is 11.9 Å². The van der Waals surface area contributed by atoms with E-state index in [0.717, 1.165) is 53.0 Å². The number of benzene rings is 3. The third kappa shape index (κ3) is 8.70. The summed E-state index contributed by atoms with van der Waals surface area (Å²) in [6, 6.07) is 24.9. The fourth-order valence-electron chi connectivity index (χ4n) is 7.40. The van der Waals surface area contributed by atoms with Crippen LogP contribution in [0.5, 0.6) is 0 Å². The number of rotatable bonds is 13. The van der Waals surface area contributed by atoms with E-state index in [1.807, 2.05) is 42.5 Å². The lowest BCUT2D eigenvalue weighted by molar-refractivity contribution is -0.276. The third-order valence-corrected chi connectivity index (χ3v) is 10.2. The van der Waals surface area contributed by atoms with Gasteiger partial charge in [0.1, 0.15) is 0 Å². The largest absolute Gasteiger partial charge is 0.481 e. The Labute approximate surface area is 283 Å². The van der Waals surface area contributed by atoms with E-state index in [-0.39, 0.29) is 43.5 Å². The topological polar surface area (TPSA) is 112 Å². The van der Waals surface area contributed by atoms with Crippen LogP contribution in [0.15, 0.2) is 72.8 Å². The molecule has 0 aromatic heterocycles. The Bertz CT molecular complexity index is 1520. The van der Waals surface area contributed by atoms with Crippen molar-refractivity contribution in [1.29, 1.82) is 0 Å². The van der Waals surface area contributed by atoms with E-state index < -0.39 is 12.3 Å². The first kappa shape index (κ1) is 34.3. The summed E-state index contributed by atoms with van der Waals surface area (Å²) in [5.74, 6) is -1.14. The smallest absolute Gasteiger partial charge is 0.303 e. The first-order chi connectivity index (χ1) is 23.4. The van der Waals surface area contributed by atoms with E-state index in [2.05, 4.69) is 52.4 Å². The van der Waals surface area contributed by atoms with Crippen LogP contribution < -0.4 is 5.32 Å². The predicted octanol–water partition coefficient (Wildman–Crippen LogP) is 5.68. The lowest BCUT2D eigenvalue weighted by Gasteiger charge is -2.43. The number of nitrogens with one attached hydrogen (secondary N) is 1. The summed E-state index contributed by atoms with van der Waals surface area (Å²) < 4.78 is 13.7. The molecule has 256 valence electrons. The first-order valence-corrected chi connectivity index (χ1v) is 17.5. The molecule has 3 aliphatic heterocycles. The highest BCUT2D eigenvalue weighted by Gasteiger charge is 2.41. The van der Waals surface area contributed by atoms with Crippen LogP contribution in [0.4, 0.5) is 0 Å². The Kier molecular flexibility index (Phi) is 11.6. The highest BCUT2D eigenvalue weighted by molar-refractivity contribution is 5.80. The van der Waals surface area contributed by atoms with E-state index in [4.69, 9.17) is 14.6 Å². The van der Waals surface area contributed by atoms with Gasteiger partial charge in [0.05, 0.1) is 25.2 Å². The van der Waals surface area contributed by atoms with Crippen molar-refractivity contribution in [1.82, 2.24) is 15.1 Å². The molecule has 3 aliphatic rings. The zero-order chi connectivity index (χ0) is 33.5. The molecule has 9 heteroatoms. The standard InChI is InChI=1S/C39H49N3O6/c1-27-35(25-42-20-6-11-34(42)24-41-18-2-3-19-41)47-39(48-38(27)30-14-12-28(26-43)13-15-30)33-10-5-9-32(22-33)31-8-4-7-29(21-31)23-40-36(44)16-17-37(45)46/h4-5,7-10,12-15,21-22,27,34-35,38-39,43H,2-3,6,11,16-20,23-26H2,1H3,(H,40,44)(H,45,46). The summed E-state index contributed by atoms with van der Waals surface area (Å²) in [5, 5.41) is 21.3. The number of carbonyl (C=O) groups excluding carboxylic acids is 1. The molecule has 3 aromatic carbocycles. The van der Waals surface area contributed by atoms with Gasteiger partial charge in [-0.1, -0.05) is 67.6 Å². The van der Waals surface area contributed by atoms with E-state index in [0.29, 0.717) is 12.6 Å². The summed E-state index contributed by atoms with van der Waals surface area (Å²) in [5.41, 5.74) is 5.87. The van der Waals surface area contributed by atoms with Gasteiger partial charge in [-0.2, -0.15) is 0 Å². The fraction of sp³-hybridized carbons (Fsp3) is 0.487. The molecule has 0 bridgehead atoms. The number of amides is 1. The van der Waals surface area contributed by atoms with Crippen molar-refractivity contribution in [3.8, 4) is 11.1 Å². The molecule has 9 nitrogen and oxygen atoms in total. The number of carboxylic acid groups (broad SMARTS) is 1. The monoisotopic (exact) mass is 655 g/mol. The maximum absolute atomic E-state index is 12.1. The number of nitrogens with zero attached hydrogens (tertiary/aromatic N) is 2. The molecule has 3 N–H and O–H groups in total. The predicted molar refractivity (Wildman–Crippen MR) is 184 cm³/mol. The van der Waals surface area contributed by atoms with Crippen LogP contribution in [0.25, 0.3) is 11.1 Å². The summed E-state index contributed by atoms with van der Waals surface area (Å²) in [6.45, 7) is 8.09. The van der Waals surface area contributed by atoms with Gasteiger partial charge < -0.3 is 29.9 Å². The van der Waals surface area contributed by atoms with Crippen LogP contribution in [0, 0.1) is 5.92 Å². The molecule has 0 spiro atoms. The van der Waals surface area contributed by atoms with Crippen LogP contribution >= 0.6 is 0 Å². The van der Waals surface area contributed by atoms with Gasteiger partial charge in [-0.25, -0.2) is 0 Å². The minimum atomic E-state index is -0.984. The number of hydrogen-bond acceptors (Lipinski definition) is 7. The first-order valence-electron chi connectivity index (χ1n) is 17.5. The van der Waals surface area contributed by atoms with Crippen molar-refractivity contribution in [2.24, 2.45) is 5.92 Å². The summed E-state index contributed by atoms with van der Waals surface area (Å²) in [6.07, 6.45) is 4.09. The maximum atomic E-state index is 12.1. The second kappa shape index (κ2) is 16.2. The van der Waals surface area contributed by atoms with Crippen molar-refractivity contribution in [2.45, 2.75) is 83.1 Å². The molecule has 3 saturated heterocycles. The molecule has 5 unspecified atom stereocenters. The van der Waals surface area contributed by atoms with Crippen molar-refractivity contribution in [3.05, 3.63) is 95.1 Å². The van der Waals surface area contributed by atoms with Crippen molar-refractivity contribution in [3.63, 3.8) is 0 Å². The number of likely N-dealkylation sites (tertiary alicyclic amines) is 2. The quantitative estimate of drug-likeness (QED) is 0.216. The average molecular weight is 656 g/mol. The molecule has 3 heterocycles. The molecular weight excluding hydrogens is 606 g/mol. The lowest BCUT2D eigenvalue weighted by Crippen LogP contribution is -2.48.